The predicted molar refractivity (Wildman–Crippen MR) is 146 cm³/mol. The molecule has 0 amide bonds. The molecular formula is C23H32N7O7PS. The summed E-state index contributed by atoms with van der Waals surface area (Å²) in [4.78, 5) is 24.7. The Morgan fingerprint density at radius 3 is 2.64 bits per heavy atom. The lowest BCUT2D eigenvalue weighted by atomic mass is 9.96. The van der Waals surface area contributed by atoms with Crippen LogP contribution in [0.5, 0.6) is 5.75 Å². The van der Waals surface area contributed by atoms with Gasteiger partial charge in [0.2, 0.25) is 5.95 Å². The lowest BCUT2D eigenvalue weighted by molar-refractivity contribution is -0.149. The summed E-state index contributed by atoms with van der Waals surface area (Å²) in [5.74, 6) is -0.151. The molecule has 1 saturated heterocycles. The first-order valence-electron chi connectivity index (χ1n) is 12.1. The van der Waals surface area contributed by atoms with Crippen molar-refractivity contribution in [1.29, 1.82) is 0 Å². The van der Waals surface area contributed by atoms with Gasteiger partial charge in [-0.25, -0.2) is 10.1 Å². The van der Waals surface area contributed by atoms with Crippen molar-refractivity contribution in [2.45, 2.75) is 63.9 Å². The monoisotopic (exact) mass is 581 g/mol. The molecule has 16 heteroatoms. The molecule has 0 aliphatic carbocycles. The summed E-state index contributed by atoms with van der Waals surface area (Å²) >= 11 is 5.71. The maximum absolute atomic E-state index is 12.5. The van der Waals surface area contributed by atoms with Gasteiger partial charge in [0.1, 0.15) is 35.1 Å². The highest BCUT2D eigenvalue weighted by atomic mass is 32.5. The van der Waals surface area contributed by atoms with Crippen LogP contribution in [-0.4, -0.2) is 72.3 Å². The predicted octanol–water partition coefficient (Wildman–Crippen LogP) is 1.25. The third kappa shape index (κ3) is 6.30. The van der Waals surface area contributed by atoms with E-state index < -0.39 is 42.7 Å². The zero-order valence-corrected chi connectivity index (χ0v) is 23.5. The first-order valence-corrected chi connectivity index (χ1v) is 14.7. The Labute approximate surface area is 229 Å². The fraction of sp³-hybridized carbons (Fsp3) is 0.478. The summed E-state index contributed by atoms with van der Waals surface area (Å²) in [6, 6.07) is 7.85. The van der Waals surface area contributed by atoms with Gasteiger partial charge < -0.3 is 40.2 Å². The van der Waals surface area contributed by atoms with Gasteiger partial charge in [-0.1, -0.05) is 18.2 Å². The SMILES string of the molecule is CC(C)OC(=O)C(C)NP(=S)(OC[C@H]1O[C@@H](n2cnc3c(N)nc(N)nc32)[C@](C)(O)[C@@H]1O)Oc1ccccc1. The van der Waals surface area contributed by atoms with Crippen molar-refractivity contribution in [1.82, 2.24) is 24.6 Å². The van der Waals surface area contributed by atoms with Crippen molar-refractivity contribution in [2.75, 3.05) is 18.1 Å². The van der Waals surface area contributed by atoms with Crippen LogP contribution in [0.2, 0.25) is 0 Å². The van der Waals surface area contributed by atoms with Crippen molar-refractivity contribution in [3.8, 4) is 5.75 Å². The molecule has 0 saturated carbocycles. The van der Waals surface area contributed by atoms with Crippen LogP contribution in [-0.2, 0) is 30.6 Å². The molecule has 2 aromatic heterocycles. The fourth-order valence-electron chi connectivity index (χ4n) is 4.01. The molecule has 3 heterocycles. The Kier molecular flexibility index (Phi) is 8.42. The van der Waals surface area contributed by atoms with E-state index in [9.17, 15) is 15.0 Å². The number of aliphatic hydroxyl groups excluding tert-OH is 1. The number of nitrogens with one attached hydrogen (secondary N) is 1. The molecule has 14 nitrogen and oxygen atoms in total. The summed E-state index contributed by atoms with van der Waals surface area (Å²) in [6.45, 7) is 2.75. The summed E-state index contributed by atoms with van der Waals surface area (Å²) in [5.41, 5.74) is 10.3. The second-order valence-corrected chi connectivity index (χ2v) is 12.7. The molecule has 1 aliphatic heterocycles. The van der Waals surface area contributed by atoms with E-state index in [0.717, 1.165) is 0 Å². The number of nitrogens with two attached hydrogens (primary N) is 2. The van der Waals surface area contributed by atoms with E-state index in [0.29, 0.717) is 5.75 Å². The number of nitrogen functional groups attached to an aromatic ring is 2. The van der Waals surface area contributed by atoms with E-state index in [2.05, 4.69) is 20.0 Å². The first kappa shape index (κ1) is 29.1. The number of anilines is 2. The molecule has 0 radical (unpaired) electrons. The number of nitrogens with zero attached hydrogens (tertiary/aromatic N) is 4. The lowest BCUT2D eigenvalue weighted by Crippen LogP contribution is -2.44. The van der Waals surface area contributed by atoms with Crippen LogP contribution >= 0.6 is 6.64 Å². The molecule has 0 spiro atoms. The van der Waals surface area contributed by atoms with Gasteiger partial charge in [0.05, 0.1) is 19.0 Å². The van der Waals surface area contributed by atoms with Crippen molar-refractivity contribution in [3.63, 3.8) is 0 Å². The van der Waals surface area contributed by atoms with Crippen LogP contribution in [0.25, 0.3) is 11.2 Å². The zero-order chi connectivity index (χ0) is 28.5. The minimum atomic E-state index is -3.41. The van der Waals surface area contributed by atoms with E-state index in [1.165, 1.54) is 17.8 Å². The number of aromatic nitrogens is 4. The number of carbonyl (C=O) groups is 1. The highest BCUT2D eigenvalue weighted by Gasteiger charge is 2.54. The normalized spacial score (nSPS) is 25.5. The third-order valence-electron chi connectivity index (χ3n) is 5.91. The van der Waals surface area contributed by atoms with Gasteiger partial charge >= 0.3 is 12.6 Å². The van der Waals surface area contributed by atoms with Gasteiger partial charge in [0.25, 0.3) is 0 Å². The van der Waals surface area contributed by atoms with Crippen LogP contribution in [0.1, 0.15) is 33.9 Å². The van der Waals surface area contributed by atoms with Crippen LogP contribution in [0.4, 0.5) is 11.8 Å². The Morgan fingerprint density at radius 1 is 1.28 bits per heavy atom. The molecule has 212 valence electrons. The molecule has 1 aromatic carbocycles. The highest BCUT2D eigenvalue weighted by molar-refractivity contribution is 8.09. The Bertz CT molecular complexity index is 1370. The van der Waals surface area contributed by atoms with Crippen molar-refractivity contribution >= 4 is 47.3 Å². The highest BCUT2D eigenvalue weighted by Crippen LogP contribution is 2.47. The molecule has 2 unspecified atom stereocenters. The molecule has 0 bridgehead atoms. The summed E-state index contributed by atoms with van der Waals surface area (Å²) < 4.78 is 24.7. The number of carbonyl (C=O) groups excluding carboxylic acids is 1. The fourth-order valence-corrected chi connectivity index (χ4v) is 6.43. The quantitative estimate of drug-likeness (QED) is 0.169. The topological polar surface area (TPSA) is 202 Å². The second-order valence-electron chi connectivity index (χ2n) is 9.52. The number of hydrogen-bond donors (Lipinski definition) is 5. The minimum Gasteiger partial charge on any atom is -0.462 e. The number of para-hydroxylation sites is 1. The average molecular weight is 582 g/mol. The average Bonchev–Trinajstić information content (AvgIpc) is 3.36. The smallest absolute Gasteiger partial charge is 0.323 e. The Morgan fingerprint density at radius 2 is 1.97 bits per heavy atom. The number of ether oxygens (including phenoxy) is 2. The summed E-state index contributed by atoms with van der Waals surface area (Å²) in [7, 11) is 0. The standard InChI is InChI=1S/C23H32N7O7PS/c1-12(2)35-20(32)13(3)29-38(39,37-14-8-6-5-7-9-14)34-10-15-17(31)23(4,33)21(36-15)30-11-26-16-18(24)27-22(25)28-19(16)30/h5-9,11-13,15,17,21,31,33H,10H2,1-4H3,(H,29,39)(H4,24,25,27,28)/t13?,15-,17-,21-,23-,38?/m1/s1. The number of imidazole rings is 1. The van der Waals surface area contributed by atoms with Crippen LogP contribution in [0.3, 0.4) is 0 Å². The molecule has 39 heavy (non-hydrogen) atoms. The van der Waals surface area contributed by atoms with Crippen LogP contribution in [0.15, 0.2) is 36.7 Å². The minimum absolute atomic E-state index is 0.0595. The lowest BCUT2D eigenvalue weighted by Gasteiger charge is -2.28. The molecule has 7 N–H and O–H groups in total. The summed E-state index contributed by atoms with van der Waals surface area (Å²) in [6.07, 6.45) is -2.58. The third-order valence-corrected chi connectivity index (χ3v) is 8.41. The largest absolute Gasteiger partial charge is 0.462 e. The zero-order valence-electron chi connectivity index (χ0n) is 21.8. The first-order chi connectivity index (χ1) is 18.3. The van der Waals surface area contributed by atoms with E-state index in [-0.39, 0.29) is 35.6 Å². The van der Waals surface area contributed by atoms with Gasteiger partial charge in [-0.05, 0) is 51.6 Å². The maximum Gasteiger partial charge on any atom is 0.323 e. The molecule has 4 rings (SSSR count). The second kappa shape index (κ2) is 11.3. The molecule has 3 aromatic rings. The van der Waals surface area contributed by atoms with Crippen molar-refractivity contribution in [3.05, 3.63) is 36.7 Å². The molecule has 1 aliphatic rings. The van der Waals surface area contributed by atoms with E-state index in [4.69, 9.17) is 41.8 Å². The number of rotatable bonds is 10. The number of benzene rings is 1. The maximum atomic E-state index is 12.5. The van der Waals surface area contributed by atoms with Gasteiger partial charge in [-0.2, -0.15) is 9.97 Å². The van der Waals surface area contributed by atoms with E-state index >= 15 is 0 Å². The number of hydrogen-bond acceptors (Lipinski definition) is 13. The molecular weight excluding hydrogens is 549 g/mol. The van der Waals surface area contributed by atoms with Crippen molar-refractivity contribution < 1.29 is 33.5 Å². The Balaban J connectivity index is 1.55. The number of aliphatic hydroxyl groups is 2. The summed E-state index contributed by atoms with van der Waals surface area (Å²) in [5, 5.41) is 25.1. The molecule has 6 atom stereocenters. The van der Waals surface area contributed by atoms with Crippen LogP contribution < -0.4 is 21.1 Å². The molecule has 1 fully saturated rings. The van der Waals surface area contributed by atoms with E-state index in [1.54, 1.807) is 45.0 Å². The number of esters is 1. The van der Waals surface area contributed by atoms with E-state index in [1.807, 2.05) is 6.07 Å². The van der Waals surface area contributed by atoms with Crippen molar-refractivity contribution in [2.24, 2.45) is 0 Å². The van der Waals surface area contributed by atoms with Gasteiger partial charge in [0, 0.05) is 0 Å². The Hall–Kier alpha value is -2.91. The van der Waals surface area contributed by atoms with Gasteiger partial charge in [-0.3, -0.25) is 9.36 Å². The van der Waals surface area contributed by atoms with Crippen LogP contribution in [0, 0.1) is 0 Å². The van der Waals surface area contributed by atoms with Gasteiger partial charge in [0.15, 0.2) is 17.7 Å². The number of fused-ring (bicyclic) bond motifs is 1. The van der Waals surface area contributed by atoms with Gasteiger partial charge in [-0.15, -0.1) is 0 Å².